The van der Waals surface area contributed by atoms with E-state index in [2.05, 4.69) is 4.98 Å². The zero-order valence-electron chi connectivity index (χ0n) is 10.5. The molecule has 2 N–H and O–H groups in total. The number of rotatable bonds is 3. The van der Waals surface area contributed by atoms with Crippen molar-refractivity contribution in [2.75, 3.05) is 17.2 Å². The van der Waals surface area contributed by atoms with Gasteiger partial charge >= 0.3 is 0 Å². The van der Waals surface area contributed by atoms with Gasteiger partial charge in [-0.2, -0.15) is 0 Å². The second kappa shape index (κ2) is 5.48. The Labute approximate surface area is 110 Å². The summed E-state index contributed by atoms with van der Waals surface area (Å²) in [5, 5.41) is 0. The minimum atomic E-state index is -0.343. The predicted molar refractivity (Wildman–Crippen MR) is 72.4 cm³/mol. The van der Waals surface area contributed by atoms with Gasteiger partial charge in [-0.3, -0.25) is 4.79 Å². The van der Waals surface area contributed by atoms with Gasteiger partial charge in [0.2, 0.25) is 0 Å². The van der Waals surface area contributed by atoms with Crippen molar-refractivity contribution in [2.45, 2.75) is 6.92 Å². The van der Waals surface area contributed by atoms with Crippen LogP contribution >= 0.6 is 0 Å². The summed E-state index contributed by atoms with van der Waals surface area (Å²) in [7, 11) is 0. The Morgan fingerprint density at radius 3 is 2.58 bits per heavy atom. The van der Waals surface area contributed by atoms with Crippen LogP contribution in [-0.4, -0.2) is 17.4 Å². The fraction of sp³-hybridized carbons (Fsp3) is 0.143. The number of halogens is 1. The van der Waals surface area contributed by atoms with Gasteiger partial charge in [0.1, 0.15) is 5.82 Å². The Balaban J connectivity index is 2.35. The highest BCUT2D eigenvalue weighted by atomic mass is 19.1. The van der Waals surface area contributed by atoms with E-state index in [4.69, 9.17) is 5.73 Å². The molecule has 0 fully saturated rings. The van der Waals surface area contributed by atoms with Gasteiger partial charge in [0.25, 0.3) is 5.91 Å². The highest BCUT2D eigenvalue weighted by Crippen LogP contribution is 2.19. The molecule has 1 amide bonds. The van der Waals surface area contributed by atoms with Crippen LogP contribution in [0.25, 0.3) is 0 Å². The van der Waals surface area contributed by atoms with E-state index in [0.717, 1.165) is 0 Å². The summed E-state index contributed by atoms with van der Waals surface area (Å²) in [5.74, 6) is -0.642. The first-order valence-corrected chi connectivity index (χ1v) is 5.91. The molecule has 0 spiro atoms. The SMILES string of the molecule is CCN(C(=O)c1ncccc1N)c1ccc(F)cc1. The van der Waals surface area contributed by atoms with E-state index in [9.17, 15) is 9.18 Å². The third kappa shape index (κ3) is 2.70. The molecule has 0 unspecified atom stereocenters. The van der Waals surface area contributed by atoms with Gasteiger partial charge in [0, 0.05) is 18.4 Å². The summed E-state index contributed by atoms with van der Waals surface area (Å²) < 4.78 is 12.9. The third-order valence-corrected chi connectivity index (χ3v) is 2.74. The van der Waals surface area contributed by atoms with E-state index in [-0.39, 0.29) is 17.4 Å². The largest absolute Gasteiger partial charge is 0.397 e. The van der Waals surface area contributed by atoms with Crippen molar-refractivity contribution in [3.05, 3.63) is 54.1 Å². The van der Waals surface area contributed by atoms with Crippen LogP contribution in [0.1, 0.15) is 17.4 Å². The molecule has 0 saturated heterocycles. The van der Waals surface area contributed by atoms with E-state index >= 15 is 0 Å². The second-order valence-corrected chi connectivity index (χ2v) is 3.97. The number of nitrogens with zero attached hydrogens (tertiary/aromatic N) is 2. The lowest BCUT2D eigenvalue weighted by atomic mass is 10.2. The molecular weight excluding hydrogens is 245 g/mol. The number of hydrogen-bond acceptors (Lipinski definition) is 3. The van der Waals surface area contributed by atoms with E-state index in [0.29, 0.717) is 17.9 Å². The van der Waals surface area contributed by atoms with Crippen molar-refractivity contribution in [2.24, 2.45) is 0 Å². The molecule has 1 aromatic heterocycles. The quantitative estimate of drug-likeness (QED) is 0.921. The topological polar surface area (TPSA) is 59.2 Å². The van der Waals surface area contributed by atoms with Gasteiger partial charge in [-0.25, -0.2) is 9.37 Å². The fourth-order valence-electron chi connectivity index (χ4n) is 1.79. The van der Waals surface area contributed by atoms with Crippen LogP contribution in [0.4, 0.5) is 15.8 Å². The number of anilines is 2. The monoisotopic (exact) mass is 259 g/mol. The Morgan fingerprint density at radius 2 is 2.00 bits per heavy atom. The van der Waals surface area contributed by atoms with Crippen molar-refractivity contribution in [3.8, 4) is 0 Å². The molecular formula is C14H14FN3O. The molecule has 98 valence electrons. The number of carbonyl (C=O) groups is 1. The first kappa shape index (κ1) is 13.0. The van der Waals surface area contributed by atoms with Gasteiger partial charge in [0.15, 0.2) is 5.69 Å². The summed E-state index contributed by atoms with van der Waals surface area (Å²) in [4.78, 5) is 17.9. The smallest absolute Gasteiger partial charge is 0.278 e. The lowest BCUT2D eigenvalue weighted by molar-refractivity contribution is 0.0984. The molecule has 2 aromatic rings. The molecule has 4 nitrogen and oxygen atoms in total. The van der Waals surface area contributed by atoms with Crippen LogP contribution in [0.15, 0.2) is 42.6 Å². The molecule has 0 aliphatic carbocycles. The number of hydrogen-bond donors (Lipinski definition) is 1. The Hall–Kier alpha value is -2.43. The van der Waals surface area contributed by atoms with Gasteiger partial charge in [-0.05, 0) is 43.3 Å². The third-order valence-electron chi connectivity index (χ3n) is 2.74. The van der Waals surface area contributed by atoms with Crippen molar-refractivity contribution in [1.82, 2.24) is 4.98 Å². The van der Waals surface area contributed by atoms with E-state index in [1.54, 1.807) is 24.3 Å². The number of pyridine rings is 1. The molecule has 0 radical (unpaired) electrons. The van der Waals surface area contributed by atoms with Gasteiger partial charge in [-0.15, -0.1) is 0 Å². The van der Waals surface area contributed by atoms with Gasteiger partial charge in [0.05, 0.1) is 5.69 Å². The van der Waals surface area contributed by atoms with Gasteiger partial charge in [-0.1, -0.05) is 0 Å². The number of nitrogens with two attached hydrogens (primary N) is 1. The number of benzene rings is 1. The second-order valence-electron chi connectivity index (χ2n) is 3.97. The lowest BCUT2D eigenvalue weighted by Gasteiger charge is -2.21. The average Bonchev–Trinajstić information content (AvgIpc) is 2.42. The summed E-state index contributed by atoms with van der Waals surface area (Å²) in [6.45, 7) is 2.28. The molecule has 2 rings (SSSR count). The predicted octanol–water partition coefficient (Wildman–Crippen LogP) is 2.47. The van der Waals surface area contributed by atoms with Crippen molar-refractivity contribution in [1.29, 1.82) is 0 Å². The van der Waals surface area contributed by atoms with Crippen LogP contribution < -0.4 is 10.6 Å². The molecule has 0 aliphatic heterocycles. The normalized spacial score (nSPS) is 10.2. The van der Waals surface area contributed by atoms with E-state index < -0.39 is 0 Å². The van der Waals surface area contributed by atoms with Crippen LogP contribution in [-0.2, 0) is 0 Å². The zero-order valence-corrected chi connectivity index (χ0v) is 10.5. The average molecular weight is 259 g/mol. The minimum Gasteiger partial charge on any atom is -0.397 e. The number of carbonyl (C=O) groups excluding carboxylic acids is 1. The Bertz CT molecular complexity index is 583. The number of amides is 1. The summed E-state index contributed by atoms with van der Waals surface area (Å²) in [6, 6.07) is 9.02. The Kier molecular flexibility index (Phi) is 3.75. The fourth-order valence-corrected chi connectivity index (χ4v) is 1.79. The zero-order chi connectivity index (χ0) is 13.8. The molecule has 1 heterocycles. The first-order valence-electron chi connectivity index (χ1n) is 5.91. The molecule has 19 heavy (non-hydrogen) atoms. The van der Waals surface area contributed by atoms with Crippen LogP contribution in [0, 0.1) is 5.82 Å². The molecule has 5 heteroatoms. The van der Waals surface area contributed by atoms with Gasteiger partial charge < -0.3 is 10.6 Å². The van der Waals surface area contributed by atoms with Crippen LogP contribution in [0.5, 0.6) is 0 Å². The molecule has 0 bridgehead atoms. The van der Waals surface area contributed by atoms with Crippen LogP contribution in [0.2, 0.25) is 0 Å². The maximum atomic E-state index is 12.9. The lowest BCUT2D eigenvalue weighted by Crippen LogP contribution is -2.31. The summed E-state index contributed by atoms with van der Waals surface area (Å²) in [6.07, 6.45) is 1.52. The molecule has 1 aromatic carbocycles. The number of nitrogen functional groups attached to an aromatic ring is 1. The minimum absolute atomic E-state index is 0.202. The standard InChI is InChI=1S/C14H14FN3O/c1-2-18(11-7-5-10(15)6-8-11)14(19)13-12(16)4-3-9-17-13/h3-9H,2,16H2,1H3. The molecule has 0 saturated carbocycles. The highest BCUT2D eigenvalue weighted by Gasteiger charge is 2.19. The van der Waals surface area contributed by atoms with Crippen molar-refractivity contribution in [3.63, 3.8) is 0 Å². The molecule has 0 aliphatic rings. The maximum absolute atomic E-state index is 12.9. The maximum Gasteiger partial charge on any atom is 0.278 e. The van der Waals surface area contributed by atoms with Crippen molar-refractivity contribution >= 4 is 17.3 Å². The summed E-state index contributed by atoms with van der Waals surface area (Å²) in [5.41, 5.74) is 6.89. The van der Waals surface area contributed by atoms with E-state index in [1.165, 1.54) is 23.2 Å². The Morgan fingerprint density at radius 1 is 1.32 bits per heavy atom. The molecule has 0 atom stereocenters. The highest BCUT2D eigenvalue weighted by molar-refractivity contribution is 6.07. The van der Waals surface area contributed by atoms with Crippen LogP contribution in [0.3, 0.4) is 0 Å². The van der Waals surface area contributed by atoms with Crippen molar-refractivity contribution < 1.29 is 9.18 Å². The van der Waals surface area contributed by atoms with E-state index in [1.807, 2.05) is 6.92 Å². The summed E-state index contributed by atoms with van der Waals surface area (Å²) >= 11 is 0. The number of aromatic nitrogens is 1. The first-order chi connectivity index (χ1) is 9.13.